The summed E-state index contributed by atoms with van der Waals surface area (Å²) in [6, 6.07) is 14.5. The number of methoxy groups -OCH3 is 1. The molecule has 0 bridgehead atoms. The summed E-state index contributed by atoms with van der Waals surface area (Å²) in [6.45, 7) is 7.34. The number of rotatable bonds is 12. The van der Waals surface area contributed by atoms with Crippen LogP contribution in [-0.4, -0.2) is 49.7 Å². The van der Waals surface area contributed by atoms with Crippen molar-refractivity contribution in [1.29, 1.82) is 0 Å². The lowest BCUT2D eigenvalue weighted by molar-refractivity contribution is -0.137. The van der Waals surface area contributed by atoms with Crippen LogP contribution in [0.1, 0.15) is 39.2 Å². The molecule has 3 rings (SSSR count). The minimum Gasteiger partial charge on any atom is -0.497 e. The highest BCUT2D eigenvalue weighted by atomic mass is 16.5. The zero-order chi connectivity index (χ0) is 23.8. The predicted octanol–water partition coefficient (Wildman–Crippen LogP) is 4.49. The molecule has 0 saturated heterocycles. The van der Waals surface area contributed by atoms with Gasteiger partial charge < -0.3 is 19.5 Å². The van der Waals surface area contributed by atoms with Crippen molar-refractivity contribution < 1.29 is 23.8 Å². The zero-order valence-electron chi connectivity index (χ0n) is 19.7. The molecule has 1 N–H and O–H groups in total. The van der Waals surface area contributed by atoms with Gasteiger partial charge in [-0.15, -0.1) is 0 Å². The summed E-state index contributed by atoms with van der Waals surface area (Å²) in [5, 5.41) is 3.16. The summed E-state index contributed by atoms with van der Waals surface area (Å²) < 4.78 is 16.4. The van der Waals surface area contributed by atoms with E-state index in [-0.39, 0.29) is 23.6 Å². The monoisotopic (exact) mass is 452 g/mol. The molecule has 0 saturated carbocycles. The Hall–Kier alpha value is -3.32. The SMILES string of the molecule is CCCOc1ccc(C2=C(Nc3ccc(OC)cc3)C(=O)N(CCCOC(C)C)C2=O)cc1. The van der Waals surface area contributed by atoms with Crippen LogP contribution in [0.4, 0.5) is 5.69 Å². The van der Waals surface area contributed by atoms with Crippen molar-refractivity contribution in [3.63, 3.8) is 0 Å². The van der Waals surface area contributed by atoms with Gasteiger partial charge in [-0.1, -0.05) is 19.1 Å². The zero-order valence-corrected chi connectivity index (χ0v) is 19.7. The molecule has 7 heteroatoms. The van der Waals surface area contributed by atoms with Gasteiger partial charge in [-0.2, -0.15) is 0 Å². The topological polar surface area (TPSA) is 77.1 Å². The van der Waals surface area contributed by atoms with Gasteiger partial charge in [-0.25, -0.2) is 0 Å². The number of hydrogen-bond acceptors (Lipinski definition) is 6. The average Bonchev–Trinajstić information content (AvgIpc) is 3.05. The van der Waals surface area contributed by atoms with Gasteiger partial charge in [0.25, 0.3) is 11.8 Å². The lowest BCUT2D eigenvalue weighted by Gasteiger charge is -2.16. The number of imide groups is 1. The van der Waals surface area contributed by atoms with Crippen LogP contribution < -0.4 is 14.8 Å². The van der Waals surface area contributed by atoms with E-state index in [1.165, 1.54) is 4.90 Å². The third-order valence-electron chi connectivity index (χ3n) is 5.12. The third-order valence-corrected chi connectivity index (χ3v) is 5.12. The minimum atomic E-state index is -0.346. The number of ether oxygens (including phenoxy) is 3. The lowest BCUT2D eigenvalue weighted by Crippen LogP contribution is -2.34. The second kappa shape index (κ2) is 11.5. The van der Waals surface area contributed by atoms with E-state index in [2.05, 4.69) is 5.32 Å². The molecule has 0 fully saturated rings. The quantitative estimate of drug-likeness (QED) is 0.378. The third kappa shape index (κ3) is 6.14. The fourth-order valence-electron chi connectivity index (χ4n) is 3.46. The molecule has 1 aliphatic rings. The van der Waals surface area contributed by atoms with Gasteiger partial charge in [-0.05, 0) is 68.7 Å². The molecule has 0 atom stereocenters. The lowest BCUT2D eigenvalue weighted by atomic mass is 10.0. The number of carbonyl (C=O) groups is 2. The van der Waals surface area contributed by atoms with Crippen molar-refractivity contribution >= 4 is 23.1 Å². The molecule has 0 spiro atoms. The van der Waals surface area contributed by atoms with Crippen molar-refractivity contribution in [3.8, 4) is 11.5 Å². The Morgan fingerprint density at radius 1 is 0.909 bits per heavy atom. The fraction of sp³-hybridized carbons (Fsp3) is 0.385. The number of nitrogens with zero attached hydrogens (tertiary/aromatic N) is 1. The summed E-state index contributed by atoms with van der Waals surface area (Å²) in [5.41, 5.74) is 1.96. The number of nitrogens with one attached hydrogen (secondary N) is 1. The van der Waals surface area contributed by atoms with E-state index in [1.54, 1.807) is 19.2 Å². The molecule has 2 amide bonds. The van der Waals surface area contributed by atoms with Crippen molar-refractivity contribution in [2.24, 2.45) is 0 Å². The molecule has 0 unspecified atom stereocenters. The molecule has 2 aromatic carbocycles. The Bertz CT molecular complexity index is 981. The van der Waals surface area contributed by atoms with Gasteiger partial charge in [0.1, 0.15) is 17.2 Å². The highest BCUT2D eigenvalue weighted by Gasteiger charge is 2.38. The van der Waals surface area contributed by atoms with Crippen molar-refractivity contribution in [2.45, 2.75) is 39.7 Å². The summed E-state index contributed by atoms with van der Waals surface area (Å²) in [4.78, 5) is 27.9. The van der Waals surface area contributed by atoms with Crippen LogP contribution in [0, 0.1) is 0 Å². The van der Waals surface area contributed by atoms with Crippen molar-refractivity contribution in [3.05, 3.63) is 59.8 Å². The van der Waals surface area contributed by atoms with Crippen LogP contribution in [0.25, 0.3) is 5.57 Å². The number of carbonyl (C=O) groups excluding carboxylic acids is 2. The molecule has 7 nitrogen and oxygen atoms in total. The maximum Gasteiger partial charge on any atom is 0.278 e. The average molecular weight is 453 g/mol. The first-order valence-electron chi connectivity index (χ1n) is 11.3. The van der Waals surface area contributed by atoms with Crippen molar-refractivity contribution in [2.75, 3.05) is 32.2 Å². The van der Waals surface area contributed by atoms with Crippen LogP contribution in [0.15, 0.2) is 54.2 Å². The smallest absolute Gasteiger partial charge is 0.278 e. The van der Waals surface area contributed by atoms with Crippen molar-refractivity contribution in [1.82, 2.24) is 4.90 Å². The first kappa shape index (κ1) is 24.3. The Morgan fingerprint density at radius 2 is 1.58 bits per heavy atom. The van der Waals surface area contributed by atoms with E-state index in [0.717, 1.165) is 12.2 Å². The summed E-state index contributed by atoms with van der Waals surface area (Å²) in [5.74, 6) is 0.771. The van der Waals surface area contributed by atoms with Gasteiger partial charge in [0, 0.05) is 18.8 Å². The maximum atomic E-state index is 13.3. The van der Waals surface area contributed by atoms with Gasteiger partial charge >= 0.3 is 0 Å². The van der Waals surface area contributed by atoms with Crippen LogP contribution in [0.5, 0.6) is 11.5 Å². The highest BCUT2D eigenvalue weighted by molar-refractivity contribution is 6.36. The Kier molecular flexibility index (Phi) is 8.49. The number of hydrogen-bond donors (Lipinski definition) is 1. The van der Waals surface area contributed by atoms with E-state index < -0.39 is 0 Å². The summed E-state index contributed by atoms with van der Waals surface area (Å²) >= 11 is 0. The molecule has 2 aromatic rings. The Labute approximate surface area is 195 Å². The standard InChI is InChI=1S/C26H32N2O5/c1-5-16-33-22-11-7-19(8-12-22)23-24(27-20-9-13-21(31-4)14-10-20)26(30)28(25(23)29)15-6-17-32-18(2)3/h7-14,18,27H,5-6,15-17H2,1-4H3. The molecule has 0 radical (unpaired) electrons. The van der Waals surface area contributed by atoms with Gasteiger partial charge in [0.05, 0.1) is 25.4 Å². The van der Waals surface area contributed by atoms with E-state index in [9.17, 15) is 9.59 Å². The first-order valence-corrected chi connectivity index (χ1v) is 11.3. The molecule has 33 heavy (non-hydrogen) atoms. The van der Waals surface area contributed by atoms with Crippen LogP contribution in [0.3, 0.4) is 0 Å². The predicted molar refractivity (Wildman–Crippen MR) is 128 cm³/mol. The first-order chi connectivity index (χ1) is 15.9. The molecule has 0 aliphatic carbocycles. The highest BCUT2D eigenvalue weighted by Crippen LogP contribution is 2.32. The van der Waals surface area contributed by atoms with E-state index in [4.69, 9.17) is 14.2 Å². The second-order valence-electron chi connectivity index (χ2n) is 8.01. The summed E-state index contributed by atoms with van der Waals surface area (Å²) in [7, 11) is 1.59. The van der Waals surface area contributed by atoms with E-state index >= 15 is 0 Å². The maximum absolute atomic E-state index is 13.3. The summed E-state index contributed by atoms with van der Waals surface area (Å²) in [6.07, 6.45) is 1.58. The Balaban J connectivity index is 1.87. The van der Waals surface area contributed by atoms with Crippen LogP contribution in [-0.2, 0) is 14.3 Å². The van der Waals surface area contributed by atoms with Gasteiger partial charge in [-0.3, -0.25) is 14.5 Å². The minimum absolute atomic E-state index is 0.101. The molecular weight excluding hydrogens is 420 g/mol. The number of amides is 2. The molecule has 1 aliphatic heterocycles. The van der Waals surface area contributed by atoms with E-state index in [0.29, 0.717) is 48.8 Å². The van der Waals surface area contributed by atoms with Crippen LogP contribution in [0.2, 0.25) is 0 Å². The van der Waals surface area contributed by atoms with Crippen LogP contribution >= 0.6 is 0 Å². The normalized spacial score (nSPS) is 13.8. The number of anilines is 1. The van der Waals surface area contributed by atoms with Gasteiger partial charge in [0.15, 0.2) is 0 Å². The Morgan fingerprint density at radius 3 is 2.18 bits per heavy atom. The fourth-order valence-corrected chi connectivity index (χ4v) is 3.46. The molecule has 176 valence electrons. The largest absolute Gasteiger partial charge is 0.497 e. The second-order valence-corrected chi connectivity index (χ2v) is 8.01. The van der Waals surface area contributed by atoms with Gasteiger partial charge in [0.2, 0.25) is 0 Å². The van der Waals surface area contributed by atoms with E-state index in [1.807, 2.05) is 57.2 Å². The molecule has 1 heterocycles. The molecule has 0 aromatic heterocycles. The molecular formula is C26H32N2O5. The number of benzene rings is 2.